The number of nitrogens with one attached hydrogen (secondary N) is 2. The number of aromatic nitrogens is 1. The van der Waals surface area contributed by atoms with E-state index < -0.39 is 0 Å². The molecule has 5 nitrogen and oxygen atoms in total. The van der Waals surface area contributed by atoms with Gasteiger partial charge in [-0.05, 0) is 45.1 Å². The molecule has 0 bridgehead atoms. The monoisotopic (exact) mass is 248 g/mol. The van der Waals surface area contributed by atoms with Crippen LogP contribution in [0.25, 0.3) is 0 Å². The molecule has 2 N–H and O–H groups in total. The largest absolute Gasteiger partial charge is 0.373 e. The molecule has 0 spiro atoms. The second kappa shape index (κ2) is 5.82. The van der Waals surface area contributed by atoms with Gasteiger partial charge >= 0.3 is 0 Å². The third-order valence-electron chi connectivity index (χ3n) is 3.29. The van der Waals surface area contributed by atoms with Crippen LogP contribution in [-0.2, 0) is 0 Å². The molecule has 5 heteroatoms. The standard InChI is InChI=1S/C13H20N4O/c1-14-12-5-3-4-11(16-12)13(18)15-10-6-8-17(2)9-7-10/h3-5,10H,6-9H2,1-2H3,(H,14,16)(H,15,18). The normalized spacial score (nSPS) is 17.4. The number of hydrogen-bond acceptors (Lipinski definition) is 4. The number of nitrogens with zero attached hydrogens (tertiary/aromatic N) is 2. The van der Waals surface area contributed by atoms with E-state index in [1.54, 1.807) is 13.1 Å². The van der Waals surface area contributed by atoms with Crippen molar-refractivity contribution in [2.75, 3.05) is 32.5 Å². The van der Waals surface area contributed by atoms with Gasteiger partial charge in [-0.2, -0.15) is 0 Å². The predicted octanol–water partition coefficient (Wildman–Crippen LogP) is 0.947. The van der Waals surface area contributed by atoms with Crippen molar-refractivity contribution in [2.45, 2.75) is 18.9 Å². The molecule has 18 heavy (non-hydrogen) atoms. The molecule has 98 valence electrons. The Hall–Kier alpha value is -1.62. The molecule has 0 atom stereocenters. The van der Waals surface area contributed by atoms with Crippen LogP contribution in [0.1, 0.15) is 23.3 Å². The summed E-state index contributed by atoms with van der Waals surface area (Å²) in [4.78, 5) is 18.6. The summed E-state index contributed by atoms with van der Waals surface area (Å²) in [5.74, 6) is 0.632. The lowest BCUT2D eigenvalue weighted by Crippen LogP contribution is -2.43. The van der Waals surface area contributed by atoms with E-state index in [1.807, 2.05) is 12.1 Å². The van der Waals surface area contributed by atoms with Crippen LogP contribution in [0, 0.1) is 0 Å². The topological polar surface area (TPSA) is 57.3 Å². The Kier molecular flexibility index (Phi) is 4.15. The highest BCUT2D eigenvalue weighted by molar-refractivity contribution is 5.92. The average molecular weight is 248 g/mol. The quantitative estimate of drug-likeness (QED) is 0.836. The molecule has 1 aromatic heterocycles. The van der Waals surface area contributed by atoms with Crippen molar-refractivity contribution in [2.24, 2.45) is 0 Å². The number of amides is 1. The number of carbonyl (C=O) groups is 1. The number of anilines is 1. The number of rotatable bonds is 3. The van der Waals surface area contributed by atoms with E-state index in [0.29, 0.717) is 11.5 Å². The van der Waals surface area contributed by atoms with Gasteiger partial charge < -0.3 is 15.5 Å². The van der Waals surface area contributed by atoms with Gasteiger partial charge in [0.2, 0.25) is 0 Å². The molecule has 1 amide bonds. The second-order valence-electron chi connectivity index (χ2n) is 4.71. The van der Waals surface area contributed by atoms with Crippen LogP contribution in [0.3, 0.4) is 0 Å². The molecule has 1 aromatic rings. The first-order valence-corrected chi connectivity index (χ1v) is 6.33. The van der Waals surface area contributed by atoms with E-state index >= 15 is 0 Å². The summed E-state index contributed by atoms with van der Waals surface area (Å²) < 4.78 is 0. The minimum Gasteiger partial charge on any atom is -0.373 e. The molecule has 1 fully saturated rings. The van der Waals surface area contributed by atoms with Crippen molar-refractivity contribution in [1.82, 2.24) is 15.2 Å². The number of hydrogen-bond donors (Lipinski definition) is 2. The van der Waals surface area contributed by atoms with Gasteiger partial charge in [0, 0.05) is 13.1 Å². The van der Waals surface area contributed by atoms with Crippen molar-refractivity contribution in [3.8, 4) is 0 Å². The van der Waals surface area contributed by atoms with Gasteiger partial charge in [0.15, 0.2) is 0 Å². The molecule has 0 aromatic carbocycles. The zero-order valence-corrected chi connectivity index (χ0v) is 10.9. The van der Waals surface area contributed by atoms with Crippen LogP contribution in [0.2, 0.25) is 0 Å². The molecular formula is C13H20N4O. The summed E-state index contributed by atoms with van der Waals surface area (Å²) in [5.41, 5.74) is 0.473. The number of carbonyl (C=O) groups excluding carboxylic acids is 1. The van der Waals surface area contributed by atoms with Crippen LogP contribution in [-0.4, -0.2) is 49.0 Å². The predicted molar refractivity (Wildman–Crippen MR) is 71.8 cm³/mol. The fraction of sp³-hybridized carbons (Fsp3) is 0.538. The van der Waals surface area contributed by atoms with Crippen LogP contribution in [0.15, 0.2) is 18.2 Å². The fourth-order valence-corrected chi connectivity index (χ4v) is 2.11. The Morgan fingerprint density at radius 3 is 2.78 bits per heavy atom. The third-order valence-corrected chi connectivity index (χ3v) is 3.29. The molecule has 0 unspecified atom stereocenters. The van der Waals surface area contributed by atoms with Gasteiger partial charge in [0.05, 0.1) is 0 Å². The lowest BCUT2D eigenvalue weighted by molar-refractivity contribution is 0.0912. The minimum absolute atomic E-state index is 0.0818. The number of pyridine rings is 1. The maximum Gasteiger partial charge on any atom is 0.270 e. The summed E-state index contributed by atoms with van der Waals surface area (Å²) in [6.45, 7) is 2.07. The Balaban J connectivity index is 1.94. The molecule has 0 radical (unpaired) electrons. The summed E-state index contributed by atoms with van der Waals surface area (Å²) in [6, 6.07) is 5.69. The second-order valence-corrected chi connectivity index (χ2v) is 4.71. The van der Waals surface area contributed by atoms with Crippen molar-refractivity contribution < 1.29 is 4.79 Å². The first-order chi connectivity index (χ1) is 8.69. The van der Waals surface area contributed by atoms with E-state index in [9.17, 15) is 4.79 Å². The zero-order valence-electron chi connectivity index (χ0n) is 10.9. The van der Waals surface area contributed by atoms with Crippen molar-refractivity contribution in [3.05, 3.63) is 23.9 Å². The van der Waals surface area contributed by atoms with Crippen LogP contribution in [0.5, 0.6) is 0 Å². The Labute approximate surface area is 108 Å². The molecule has 2 rings (SSSR count). The van der Waals surface area contributed by atoms with Crippen LogP contribution < -0.4 is 10.6 Å². The van der Waals surface area contributed by atoms with Gasteiger partial charge in [-0.1, -0.05) is 6.07 Å². The molecule has 2 heterocycles. The Morgan fingerprint density at radius 1 is 1.39 bits per heavy atom. The molecule has 0 aliphatic carbocycles. The van der Waals surface area contributed by atoms with Crippen LogP contribution in [0.4, 0.5) is 5.82 Å². The van der Waals surface area contributed by atoms with E-state index in [4.69, 9.17) is 0 Å². The van der Waals surface area contributed by atoms with Gasteiger partial charge in [0.1, 0.15) is 11.5 Å². The van der Waals surface area contributed by atoms with Gasteiger partial charge in [-0.15, -0.1) is 0 Å². The van der Waals surface area contributed by atoms with E-state index in [1.165, 1.54) is 0 Å². The van der Waals surface area contributed by atoms with Crippen LogP contribution >= 0.6 is 0 Å². The van der Waals surface area contributed by atoms with E-state index in [0.717, 1.165) is 25.9 Å². The smallest absolute Gasteiger partial charge is 0.270 e. The highest BCUT2D eigenvalue weighted by Gasteiger charge is 2.19. The lowest BCUT2D eigenvalue weighted by atomic mass is 10.1. The van der Waals surface area contributed by atoms with Crippen molar-refractivity contribution in [1.29, 1.82) is 0 Å². The maximum absolute atomic E-state index is 12.0. The zero-order chi connectivity index (χ0) is 13.0. The Bertz CT molecular complexity index is 413. The third kappa shape index (κ3) is 3.20. The molecule has 0 saturated carbocycles. The van der Waals surface area contributed by atoms with Crippen molar-refractivity contribution >= 4 is 11.7 Å². The Morgan fingerprint density at radius 2 is 2.11 bits per heavy atom. The highest BCUT2D eigenvalue weighted by Crippen LogP contribution is 2.10. The van der Waals surface area contributed by atoms with Gasteiger partial charge in [-0.25, -0.2) is 4.98 Å². The first kappa shape index (κ1) is 12.8. The first-order valence-electron chi connectivity index (χ1n) is 6.33. The highest BCUT2D eigenvalue weighted by atomic mass is 16.1. The average Bonchev–Trinajstić information content (AvgIpc) is 2.41. The minimum atomic E-state index is -0.0818. The van der Waals surface area contributed by atoms with Gasteiger partial charge in [-0.3, -0.25) is 4.79 Å². The summed E-state index contributed by atoms with van der Waals surface area (Å²) >= 11 is 0. The molecular weight excluding hydrogens is 228 g/mol. The SMILES string of the molecule is CNc1cccc(C(=O)NC2CCN(C)CC2)n1. The number of piperidine rings is 1. The summed E-state index contributed by atoms with van der Waals surface area (Å²) in [6.07, 6.45) is 2.02. The molecule has 1 aliphatic rings. The van der Waals surface area contributed by atoms with E-state index in [2.05, 4.69) is 27.6 Å². The molecule has 1 aliphatic heterocycles. The summed E-state index contributed by atoms with van der Waals surface area (Å²) in [5, 5.41) is 5.99. The lowest BCUT2D eigenvalue weighted by Gasteiger charge is -2.29. The number of likely N-dealkylation sites (tertiary alicyclic amines) is 1. The molecule has 1 saturated heterocycles. The summed E-state index contributed by atoms with van der Waals surface area (Å²) in [7, 11) is 3.90. The fourth-order valence-electron chi connectivity index (χ4n) is 2.11. The van der Waals surface area contributed by atoms with E-state index in [-0.39, 0.29) is 11.9 Å². The van der Waals surface area contributed by atoms with Crippen molar-refractivity contribution in [3.63, 3.8) is 0 Å². The van der Waals surface area contributed by atoms with Gasteiger partial charge in [0.25, 0.3) is 5.91 Å². The maximum atomic E-state index is 12.0.